The molecule has 0 fully saturated rings. The lowest BCUT2D eigenvalue weighted by Crippen LogP contribution is -2.25. The van der Waals surface area contributed by atoms with Crippen LogP contribution in [0.2, 0.25) is 0 Å². The van der Waals surface area contributed by atoms with Crippen molar-refractivity contribution < 1.29 is 9.21 Å². The van der Waals surface area contributed by atoms with E-state index in [4.69, 9.17) is 4.42 Å². The Labute approximate surface area is 130 Å². The third-order valence-corrected chi connectivity index (χ3v) is 4.01. The zero-order valence-electron chi connectivity index (χ0n) is 12.9. The van der Waals surface area contributed by atoms with Crippen molar-refractivity contribution in [2.75, 3.05) is 6.54 Å². The first kappa shape index (κ1) is 14.6. The summed E-state index contributed by atoms with van der Waals surface area (Å²) in [6, 6.07) is 12.5. The van der Waals surface area contributed by atoms with Gasteiger partial charge in [-0.2, -0.15) is 0 Å². The number of benzene rings is 2. The molecule has 0 saturated heterocycles. The monoisotopic (exact) mass is 295 g/mol. The van der Waals surface area contributed by atoms with E-state index >= 15 is 0 Å². The quantitative estimate of drug-likeness (QED) is 0.730. The highest BCUT2D eigenvalue weighted by molar-refractivity contribution is 6.07. The number of amides is 1. The van der Waals surface area contributed by atoms with Gasteiger partial charge in [0.1, 0.15) is 5.58 Å². The van der Waals surface area contributed by atoms with Crippen molar-refractivity contribution in [2.45, 2.75) is 32.6 Å². The predicted molar refractivity (Wildman–Crippen MR) is 90.0 cm³/mol. The zero-order chi connectivity index (χ0) is 15.4. The van der Waals surface area contributed by atoms with E-state index in [1.54, 1.807) is 6.26 Å². The Kier molecular flexibility index (Phi) is 4.42. The van der Waals surface area contributed by atoms with Gasteiger partial charge in [-0.05, 0) is 41.3 Å². The van der Waals surface area contributed by atoms with Crippen molar-refractivity contribution in [1.29, 1.82) is 0 Å². The molecule has 0 spiro atoms. The Morgan fingerprint density at radius 2 is 2.05 bits per heavy atom. The van der Waals surface area contributed by atoms with Crippen molar-refractivity contribution in [1.82, 2.24) is 5.32 Å². The summed E-state index contributed by atoms with van der Waals surface area (Å²) in [5, 5.41) is 6.56. The summed E-state index contributed by atoms with van der Waals surface area (Å²) >= 11 is 0. The van der Waals surface area contributed by atoms with Crippen LogP contribution in [0.15, 0.2) is 47.1 Å². The number of unbranched alkanes of at least 4 members (excludes halogenated alkanes) is 1. The summed E-state index contributed by atoms with van der Waals surface area (Å²) in [5.41, 5.74) is 2.08. The number of nitrogens with one attached hydrogen (secondary N) is 1. The second-order valence-electron chi connectivity index (χ2n) is 5.62. The van der Waals surface area contributed by atoms with E-state index in [1.165, 1.54) is 10.8 Å². The van der Waals surface area contributed by atoms with E-state index in [1.807, 2.05) is 18.2 Å². The summed E-state index contributed by atoms with van der Waals surface area (Å²) in [5.74, 6) is 0.137. The molecule has 0 saturated carbocycles. The molecule has 22 heavy (non-hydrogen) atoms. The molecule has 1 heterocycles. The molecule has 0 aliphatic rings. The molecule has 0 radical (unpaired) electrons. The van der Waals surface area contributed by atoms with Crippen LogP contribution in [0.5, 0.6) is 0 Å². The summed E-state index contributed by atoms with van der Waals surface area (Å²) in [6.45, 7) is 2.74. The third-order valence-electron chi connectivity index (χ3n) is 4.01. The van der Waals surface area contributed by atoms with Gasteiger partial charge < -0.3 is 9.73 Å². The largest absolute Gasteiger partial charge is 0.464 e. The topological polar surface area (TPSA) is 42.2 Å². The molecule has 2 aromatic carbocycles. The first-order valence-electron chi connectivity index (χ1n) is 7.94. The van der Waals surface area contributed by atoms with E-state index in [0.29, 0.717) is 13.0 Å². The van der Waals surface area contributed by atoms with Gasteiger partial charge in [0.05, 0.1) is 6.26 Å². The van der Waals surface area contributed by atoms with Crippen LogP contribution >= 0.6 is 0 Å². The summed E-state index contributed by atoms with van der Waals surface area (Å²) in [4.78, 5) is 11.7. The highest BCUT2D eigenvalue weighted by Gasteiger charge is 2.09. The Bertz CT molecular complexity index is 788. The Balaban J connectivity index is 1.78. The van der Waals surface area contributed by atoms with Crippen LogP contribution in [-0.2, 0) is 11.2 Å². The third kappa shape index (κ3) is 2.98. The molecular weight excluding hydrogens is 274 g/mol. The van der Waals surface area contributed by atoms with Gasteiger partial charge in [0, 0.05) is 18.4 Å². The Morgan fingerprint density at radius 1 is 1.18 bits per heavy atom. The molecule has 3 nitrogen and oxygen atoms in total. The van der Waals surface area contributed by atoms with Gasteiger partial charge in [-0.3, -0.25) is 4.79 Å². The minimum Gasteiger partial charge on any atom is -0.464 e. The van der Waals surface area contributed by atoms with Crippen LogP contribution < -0.4 is 5.32 Å². The summed E-state index contributed by atoms with van der Waals surface area (Å²) in [7, 11) is 0. The molecule has 1 N–H and O–H groups in total. The number of hydrogen-bond acceptors (Lipinski definition) is 2. The molecule has 0 aliphatic carbocycles. The molecule has 0 unspecified atom stereocenters. The molecule has 3 aromatic rings. The minimum absolute atomic E-state index is 0.137. The van der Waals surface area contributed by atoms with Gasteiger partial charge in [0.2, 0.25) is 5.91 Å². The van der Waals surface area contributed by atoms with Crippen LogP contribution in [0.1, 0.15) is 31.7 Å². The van der Waals surface area contributed by atoms with Gasteiger partial charge in [0.15, 0.2) is 0 Å². The summed E-state index contributed by atoms with van der Waals surface area (Å²) in [6.07, 6.45) is 5.13. The molecule has 0 aliphatic heterocycles. The average molecular weight is 295 g/mol. The maximum Gasteiger partial charge on any atom is 0.220 e. The van der Waals surface area contributed by atoms with Crippen molar-refractivity contribution in [3.63, 3.8) is 0 Å². The van der Waals surface area contributed by atoms with Gasteiger partial charge >= 0.3 is 0 Å². The van der Waals surface area contributed by atoms with Gasteiger partial charge in [-0.25, -0.2) is 0 Å². The van der Waals surface area contributed by atoms with E-state index in [9.17, 15) is 4.79 Å². The number of hydrogen-bond donors (Lipinski definition) is 1. The molecule has 1 aromatic heterocycles. The first-order chi connectivity index (χ1) is 10.8. The fourth-order valence-corrected chi connectivity index (χ4v) is 2.84. The second kappa shape index (κ2) is 6.65. The van der Waals surface area contributed by atoms with Gasteiger partial charge in [-0.1, -0.05) is 37.6 Å². The van der Waals surface area contributed by atoms with Crippen molar-refractivity contribution in [2.24, 2.45) is 0 Å². The van der Waals surface area contributed by atoms with Crippen molar-refractivity contribution in [3.8, 4) is 0 Å². The van der Waals surface area contributed by atoms with Crippen molar-refractivity contribution in [3.05, 3.63) is 48.2 Å². The lowest BCUT2D eigenvalue weighted by molar-refractivity contribution is -0.121. The number of fused-ring (bicyclic) bond motifs is 3. The van der Waals surface area contributed by atoms with Crippen molar-refractivity contribution >= 4 is 27.6 Å². The molecule has 3 heteroatoms. The molecule has 3 rings (SSSR count). The van der Waals surface area contributed by atoms with E-state index in [-0.39, 0.29) is 5.91 Å². The van der Waals surface area contributed by atoms with Crippen LogP contribution in [0.4, 0.5) is 0 Å². The second-order valence-corrected chi connectivity index (χ2v) is 5.62. The number of rotatable bonds is 6. The van der Waals surface area contributed by atoms with E-state index < -0.39 is 0 Å². The number of carbonyl (C=O) groups excluding carboxylic acids is 1. The highest BCUT2D eigenvalue weighted by Crippen LogP contribution is 2.29. The smallest absolute Gasteiger partial charge is 0.220 e. The highest BCUT2D eigenvalue weighted by atomic mass is 16.3. The maximum atomic E-state index is 11.7. The fraction of sp³-hybridized carbons (Fsp3) is 0.316. The molecule has 114 valence electrons. The molecule has 0 atom stereocenters. The lowest BCUT2D eigenvalue weighted by atomic mass is 10.0. The lowest BCUT2D eigenvalue weighted by Gasteiger charge is -2.08. The molecule has 1 amide bonds. The average Bonchev–Trinajstić information content (AvgIpc) is 3.03. The van der Waals surface area contributed by atoms with Crippen LogP contribution in [0.3, 0.4) is 0 Å². The van der Waals surface area contributed by atoms with E-state index in [2.05, 4.69) is 30.4 Å². The normalized spacial score (nSPS) is 11.1. The number of furan rings is 1. The fourth-order valence-electron chi connectivity index (χ4n) is 2.84. The minimum atomic E-state index is 0.137. The van der Waals surface area contributed by atoms with Gasteiger partial charge in [-0.15, -0.1) is 0 Å². The standard InChI is InChI=1S/C19H21NO2/c1-2-3-8-18(21)20-11-9-15-13-14-6-4-5-7-16(14)17-10-12-22-19(15)17/h4-7,10,12-13H,2-3,8-9,11H2,1H3,(H,20,21). The van der Waals surface area contributed by atoms with E-state index in [0.717, 1.165) is 35.8 Å². The van der Waals surface area contributed by atoms with Crippen LogP contribution in [0, 0.1) is 0 Å². The first-order valence-corrected chi connectivity index (χ1v) is 7.94. The zero-order valence-corrected chi connectivity index (χ0v) is 12.9. The molecule has 0 bridgehead atoms. The van der Waals surface area contributed by atoms with Gasteiger partial charge in [0.25, 0.3) is 0 Å². The predicted octanol–water partition coefficient (Wildman–Crippen LogP) is 4.43. The summed E-state index contributed by atoms with van der Waals surface area (Å²) < 4.78 is 5.67. The Hall–Kier alpha value is -2.29. The van der Waals surface area contributed by atoms with Crippen LogP contribution in [0.25, 0.3) is 21.7 Å². The SMILES string of the molecule is CCCCC(=O)NCCc1cc2ccccc2c2ccoc12. The Morgan fingerprint density at radius 3 is 2.91 bits per heavy atom. The molecular formula is C19H21NO2. The number of carbonyl (C=O) groups is 1. The van der Waals surface area contributed by atoms with Crippen LogP contribution in [-0.4, -0.2) is 12.5 Å². The maximum absolute atomic E-state index is 11.7.